The largest absolute Gasteiger partial charge is 0.426 e. The lowest BCUT2D eigenvalue weighted by atomic mass is 10.1. The first-order valence-corrected chi connectivity index (χ1v) is 11.4. The van der Waals surface area contributed by atoms with E-state index in [4.69, 9.17) is 16.3 Å². The Morgan fingerprint density at radius 2 is 1.84 bits per heavy atom. The minimum absolute atomic E-state index is 0.302. The number of aromatic nitrogens is 2. The van der Waals surface area contributed by atoms with Crippen LogP contribution >= 0.6 is 11.6 Å². The van der Waals surface area contributed by atoms with Crippen molar-refractivity contribution in [2.45, 2.75) is 53.5 Å². The fourth-order valence-electron chi connectivity index (χ4n) is 3.75. The first-order valence-electron chi connectivity index (χ1n) is 11.1. The molecule has 168 valence electrons. The van der Waals surface area contributed by atoms with Gasteiger partial charge in [0.2, 0.25) is 0 Å². The van der Waals surface area contributed by atoms with Crippen LogP contribution in [0.5, 0.6) is 5.75 Å². The van der Waals surface area contributed by atoms with E-state index >= 15 is 0 Å². The highest BCUT2D eigenvalue weighted by Crippen LogP contribution is 2.30. The summed E-state index contributed by atoms with van der Waals surface area (Å²) in [7, 11) is 0. The highest BCUT2D eigenvalue weighted by molar-refractivity contribution is 6.30. The normalized spacial score (nSPS) is 10.8. The van der Waals surface area contributed by atoms with Crippen molar-refractivity contribution in [3.05, 3.63) is 70.5 Å². The molecule has 2 aromatic carbocycles. The summed E-state index contributed by atoms with van der Waals surface area (Å²) in [5.74, 6) is 1.26. The summed E-state index contributed by atoms with van der Waals surface area (Å²) in [4.78, 5) is 22.9. The standard InChI is InChI=1S/C26H30ClN3O2/c1-5-7-14-30(16-20-8-13-24(32-19(4)31)21(6-2)15-20)26-18(3)25(28-17-29-26)22-9-11-23(27)12-10-22/h8-13,15,17H,5-7,14,16H2,1-4H3. The molecule has 0 radical (unpaired) electrons. The van der Waals surface area contributed by atoms with Gasteiger partial charge in [-0.3, -0.25) is 4.79 Å². The molecule has 0 N–H and O–H groups in total. The van der Waals surface area contributed by atoms with Crippen LogP contribution in [-0.2, 0) is 17.8 Å². The van der Waals surface area contributed by atoms with Gasteiger partial charge in [0.15, 0.2) is 0 Å². The molecule has 32 heavy (non-hydrogen) atoms. The Bertz CT molecular complexity index is 1070. The molecule has 0 aliphatic heterocycles. The fraction of sp³-hybridized carbons (Fsp3) is 0.346. The number of halogens is 1. The van der Waals surface area contributed by atoms with Crippen molar-refractivity contribution in [1.82, 2.24) is 9.97 Å². The molecule has 0 saturated carbocycles. The number of anilines is 1. The topological polar surface area (TPSA) is 55.3 Å². The maximum Gasteiger partial charge on any atom is 0.308 e. The third kappa shape index (κ3) is 5.86. The van der Waals surface area contributed by atoms with Crippen LogP contribution in [0.25, 0.3) is 11.3 Å². The molecule has 0 amide bonds. The maximum atomic E-state index is 11.4. The number of hydrogen-bond donors (Lipinski definition) is 0. The van der Waals surface area contributed by atoms with E-state index in [1.807, 2.05) is 36.4 Å². The van der Waals surface area contributed by atoms with E-state index in [2.05, 4.69) is 41.7 Å². The van der Waals surface area contributed by atoms with Crippen LogP contribution in [0.15, 0.2) is 48.8 Å². The van der Waals surface area contributed by atoms with Crippen LogP contribution in [0.3, 0.4) is 0 Å². The SMILES string of the molecule is CCCCN(Cc1ccc(OC(C)=O)c(CC)c1)c1ncnc(-c2ccc(Cl)cc2)c1C. The van der Waals surface area contributed by atoms with Crippen molar-refractivity contribution in [2.75, 3.05) is 11.4 Å². The smallest absolute Gasteiger partial charge is 0.308 e. The lowest BCUT2D eigenvalue weighted by Gasteiger charge is -2.26. The highest BCUT2D eigenvalue weighted by Gasteiger charge is 2.17. The van der Waals surface area contributed by atoms with Gasteiger partial charge in [0.25, 0.3) is 0 Å². The molecule has 5 nitrogen and oxygen atoms in total. The number of aryl methyl sites for hydroxylation is 1. The van der Waals surface area contributed by atoms with E-state index in [1.54, 1.807) is 6.33 Å². The van der Waals surface area contributed by atoms with Crippen molar-refractivity contribution < 1.29 is 9.53 Å². The third-order valence-electron chi connectivity index (χ3n) is 5.39. The minimum atomic E-state index is -0.302. The van der Waals surface area contributed by atoms with E-state index in [-0.39, 0.29) is 5.97 Å². The Balaban J connectivity index is 1.94. The summed E-state index contributed by atoms with van der Waals surface area (Å²) in [6.07, 6.45) is 4.58. The van der Waals surface area contributed by atoms with Gasteiger partial charge >= 0.3 is 5.97 Å². The lowest BCUT2D eigenvalue weighted by molar-refractivity contribution is -0.131. The summed E-state index contributed by atoms with van der Waals surface area (Å²) < 4.78 is 5.36. The first kappa shape index (κ1) is 23.7. The van der Waals surface area contributed by atoms with Crippen LogP contribution in [0.2, 0.25) is 5.02 Å². The number of rotatable bonds is 9. The van der Waals surface area contributed by atoms with Crippen molar-refractivity contribution in [3.8, 4) is 17.0 Å². The molecule has 3 rings (SSSR count). The van der Waals surface area contributed by atoms with E-state index in [0.29, 0.717) is 17.3 Å². The molecule has 0 bridgehead atoms. The van der Waals surface area contributed by atoms with Crippen molar-refractivity contribution in [2.24, 2.45) is 0 Å². The second-order valence-electron chi connectivity index (χ2n) is 7.84. The summed E-state index contributed by atoms with van der Waals surface area (Å²) in [6, 6.07) is 13.8. The average Bonchev–Trinajstić information content (AvgIpc) is 2.78. The number of carbonyl (C=O) groups is 1. The van der Waals surface area contributed by atoms with Crippen LogP contribution in [0, 0.1) is 6.92 Å². The highest BCUT2D eigenvalue weighted by atomic mass is 35.5. The van der Waals surface area contributed by atoms with Gasteiger partial charge in [-0.25, -0.2) is 9.97 Å². The molecular weight excluding hydrogens is 422 g/mol. The fourth-order valence-corrected chi connectivity index (χ4v) is 3.88. The Labute approximate surface area is 195 Å². The molecule has 0 aliphatic carbocycles. The second-order valence-corrected chi connectivity index (χ2v) is 8.28. The van der Waals surface area contributed by atoms with Crippen molar-refractivity contribution >= 4 is 23.4 Å². The summed E-state index contributed by atoms with van der Waals surface area (Å²) in [5, 5.41) is 0.703. The molecule has 1 heterocycles. The van der Waals surface area contributed by atoms with E-state index in [0.717, 1.165) is 59.6 Å². The molecule has 0 unspecified atom stereocenters. The second kappa shape index (κ2) is 11.1. The zero-order chi connectivity index (χ0) is 23.1. The number of benzene rings is 2. The van der Waals surface area contributed by atoms with Gasteiger partial charge < -0.3 is 9.64 Å². The molecule has 6 heteroatoms. The van der Waals surface area contributed by atoms with Crippen LogP contribution < -0.4 is 9.64 Å². The zero-order valence-corrected chi connectivity index (χ0v) is 19.9. The Hall–Kier alpha value is -2.92. The summed E-state index contributed by atoms with van der Waals surface area (Å²) >= 11 is 6.06. The van der Waals surface area contributed by atoms with E-state index in [1.165, 1.54) is 6.92 Å². The number of hydrogen-bond acceptors (Lipinski definition) is 5. The van der Waals surface area contributed by atoms with Gasteiger partial charge in [0.05, 0.1) is 5.69 Å². The van der Waals surface area contributed by atoms with Gasteiger partial charge in [-0.2, -0.15) is 0 Å². The summed E-state index contributed by atoms with van der Waals surface area (Å²) in [5.41, 5.74) is 5.14. The van der Waals surface area contributed by atoms with Crippen LogP contribution in [-0.4, -0.2) is 22.5 Å². The van der Waals surface area contributed by atoms with Crippen molar-refractivity contribution in [1.29, 1.82) is 0 Å². The average molecular weight is 452 g/mol. The number of ether oxygens (including phenoxy) is 1. The van der Waals surface area contributed by atoms with Gasteiger partial charge in [-0.05, 0) is 49.1 Å². The molecule has 0 fully saturated rings. The number of unbranched alkanes of at least 4 members (excludes halogenated alkanes) is 1. The Morgan fingerprint density at radius 1 is 1.09 bits per heavy atom. The van der Waals surface area contributed by atoms with Crippen LogP contribution in [0.1, 0.15) is 50.3 Å². The lowest BCUT2D eigenvalue weighted by Crippen LogP contribution is -2.26. The Kier molecular flexibility index (Phi) is 8.23. The van der Waals surface area contributed by atoms with E-state index in [9.17, 15) is 4.79 Å². The molecule has 0 aliphatic rings. The number of carbonyl (C=O) groups excluding carboxylic acids is 1. The predicted octanol–water partition coefficient (Wildman–Crippen LogP) is 6.40. The molecular formula is C26H30ClN3O2. The predicted molar refractivity (Wildman–Crippen MR) is 130 cm³/mol. The first-order chi connectivity index (χ1) is 15.4. The molecule has 1 aromatic heterocycles. The number of esters is 1. The molecule has 3 aromatic rings. The quantitative estimate of drug-likeness (QED) is 0.278. The van der Waals surface area contributed by atoms with Gasteiger partial charge in [0.1, 0.15) is 17.9 Å². The zero-order valence-electron chi connectivity index (χ0n) is 19.2. The number of nitrogens with zero attached hydrogens (tertiary/aromatic N) is 3. The summed E-state index contributed by atoms with van der Waals surface area (Å²) in [6.45, 7) is 9.35. The Morgan fingerprint density at radius 3 is 2.50 bits per heavy atom. The maximum absolute atomic E-state index is 11.4. The monoisotopic (exact) mass is 451 g/mol. The molecule has 0 atom stereocenters. The van der Waals surface area contributed by atoms with E-state index < -0.39 is 0 Å². The van der Waals surface area contributed by atoms with Gasteiger partial charge in [-0.1, -0.05) is 56.1 Å². The van der Waals surface area contributed by atoms with Crippen molar-refractivity contribution in [3.63, 3.8) is 0 Å². The van der Waals surface area contributed by atoms with Gasteiger partial charge in [0, 0.05) is 36.2 Å². The van der Waals surface area contributed by atoms with Gasteiger partial charge in [-0.15, -0.1) is 0 Å². The van der Waals surface area contributed by atoms with Crippen LogP contribution in [0.4, 0.5) is 5.82 Å². The minimum Gasteiger partial charge on any atom is -0.426 e. The molecule has 0 saturated heterocycles. The third-order valence-corrected chi connectivity index (χ3v) is 5.64. The molecule has 0 spiro atoms.